The van der Waals surface area contributed by atoms with Crippen LogP contribution in [0.4, 0.5) is 4.79 Å². The minimum absolute atomic E-state index is 0.0145. The van der Waals surface area contributed by atoms with E-state index in [0.29, 0.717) is 17.1 Å². The average Bonchev–Trinajstić information content (AvgIpc) is 3.04. The summed E-state index contributed by atoms with van der Waals surface area (Å²) in [5, 5.41) is 12.3. The molecule has 0 saturated heterocycles. The SMILES string of the molecule is CCCNC(=O)NCc1nnc(S(=O)(=O)Cc2ccc(Cl)c(Cl)c2)o1. The summed E-state index contributed by atoms with van der Waals surface area (Å²) in [5.74, 6) is -0.380. The van der Waals surface area contributed by atoms with E-state index >= 15 is 0 Å². The van der Waals surface area contributed by atoms with Crippen molar-refractivity contribution in [2.75, 3.05) is 6.54 Å². The first-order valence-electron chi connectivity index (χ1n) is 7.32. The molecule has 2 amide bonds. The fourth-order valence-electron chi connectivity index (χ4n) is 1.80. The van der Waals surface area contributed by atoms with Gasteiger partial charge in [-0.1, -0.05) is 41.3 Å². The number of hydrogen-bond acceptors (Lipinski definition) is 6. The van der Waals surface area contributed by atoms with Crippen LogP contribution in [0.25, 0.3) is 0 Å². The van der Waals surface area contributed by atoms with E-state index in [2.05, 4.69) is 20.8 Å². The molecule has 0 atom stereocenters. The largest absolute Gasteiger partial charge is 0.411 e. The lowest BCUT2D eigenvalue weighted by molar-refractivity contribution is 0.239. The standard InChI is InChI=1S/C14H16Cl2N4O4S/c1-2-5-17-13(21)18-7-12-19-20-14(24-12)25(22,23)8-9-3-4-10(15)11(16)6-9/h3-4,6H,2,5,7-8H2,1H3,(H2,17,18,21). The number of halogens is 2. The Bertz CT molecular complexity index is 854. The van der Waals surface area contributed by atoms with Crippen LogP contribution in [-0.2, 0) is 22.1 Å². The van der Waals surface area contributed by atoms with Crippen molar-refractivity contribution in [3.05, 3.63) is 39.7 Å². The number of urea groups is 1. The number of carbonyl (C=O) groups excluding carboxylic acids is 1. The minimum atomic E-state index is -3.85. The number of aromatic nitrogens is 2. The van der Waals surface area contributed by atoms with Crippen molar-refractivity contribution < 1.29 is 17.6 Å². The highest BCUT2D eigenvalue weighted by atomic mass is 35.5. The first kappa shape index (κ1) is 19.5. The van der Waals surface area contributed by atoms with Crippen molar-refractivity contribution in [2.45, 2.75) is 30.9 Å². The van der Waals surface area contributed by atoms with Crippen LogP contribution in [0.3, 0.4) is 0 Å². The number of nitrogens with zero attached hydrogens (tertiary/aromatic N) is 2. The zero-order valence-corrected chi connectivity index (χ0v) is 15.6. The molecule has 136 valence electrons. The van der Waals surface area contributed by atoms with Gasteiger partial charge in [-0.3, -0.25) is 0 Å². The molecule has 2 rings (SSSR count). The van der Waals surface area contributed by atoms with Crippen LogP contribution in [0.5, 0.6) is 0 Å². The molecule has 0 aliphatic rings. The third-order valence-electron chi connectivity index (χ3n) is 2.99. The zero-order valence-electron chi connectivity index (χ0n) is 13.3. The van der Waals surface area contributed by atoms with E-state index in [-0.39, 0.29) is 23.2 Å². The van der Waals surface area contributed by atoms with Crippen LogP contribution in [0.2, 0.25) is 10.0 Å². The highest BCUT2D eigenvalue weighted by Gasteiger charge is 2.23. The van der Waals surface area contributed by atoms with Gasteiger partial charge >= 0.3 is 11.3 Å². The van der Waals surface area contributed by atoms with Crippen molar-refractivity contribution >= 4 is 39.1 Å². The summed E-state index contributed by atoms with van der Waals surface area (Å²) >= 11 is 11.7. The van der Waals surface area contributed by atoms with Gasteiger partial charge in [0.05, 0.1) is 22.3 Å². The Kier molecular flexibility index (Phi) is 6.63. The summed E-state index contributed by atoms with van der Waals surface area (Å²) < 4.78 is 29.8. The quantitative estimate of drug-likeness (QED) is 0.729. The maximum Gasteiger partial charge on any atom is 0.335 e. The van der Waals surface area contributed by atoms with Crippen molar-refractivity contribution in [3.63, 3.8) is 0 Å². The summed E-state index contributed by atoms with van der Waals surface area (Å²) in [7, 11) is -3.85. The smallest absolute Gasteiger partial charge is 0.335 e. The Morgan fingerprint density at radius 2 is 1.96 bits per heavy atom. The summed E-state index contributed by atoms with van der Waals surface area (Å²) in [6.07, 6.45) is 0.797. The van der Waals surface area contributed by atoms with E-state index in [4.69, 9.17) is 27.6 Å². The maximum absolute atomic E-state index is 12.3. The Labute approximate surface area is 154 Å². The summed E-state index contributed by atoms with van der Waals surface area (Å²) in [4.78, 5) is 11.4. The van der Waals surface area contributed by atoms with Crippen LogP contribution < -0.4 is 10.6 Å². The second kappa shape index (κ2) is 8.50. The summed E-state index contributed by atoms with van der Waals surface area (Å²) in [6.45, 7) is 2.37. The predicted octanol–water partition coefficient (Wildman–Crippen LogP) is 2.56. The lowest BCUT2D eigenvalue weighted by Gasteiger charge is -2.04. The van der Waals surface area contributed by atoms with Gasteiger partial charge in [0, 0.05) is 6.54 Å². The van der Waals surface area contributed by atoms with Crippen molar-refractivity contribution in [3.8, 4) is 0 Å². The molecule has 2 N–H and O–H groups in total. The molecular formula is C14H16Cl2N4O4S. The van der Waals surface area contributed by atoms with Gasteiger partial charge in [0.15, 0.2) is 0 Å². The molecule has 0 radical (unpaired) electrons. The van der Waals surface area contributed by atoms with Crippen LogP contribution in [0.15, 0.2) is 27.8 Å². The molecule has 1 aromatic carbocycles. The van der Waals surface area contributed by atoms with Gasteiger partial charge in [-0.25, -0.2) is 13.2 Å². The first-order valence-corrected chi connectivity index (χ1v) is 9.73. The molecule has 11 heteroatoms. The van der Waals surface area contributed by atoms with Crippen LogP contribution >= 0.6 is 23.2 Å². The topological polar surface area (TPSA) is 114 Å². The van der Waals surface area contributed by atoms with Crippen LogP contribution in [-0.4, -0.2) is 31.2 Å². The molecular weight excluding hydrogens is 391 g/mol. The number of rotatable bonds is 7. The highest BCUT2D eigenvalue weighted by molar-refractivity contribution is 7.90. The number of nitrogens with one attached hydrogen (secondary N) is 2. The summed E-state index contributed by atoms with van der Waals surface area (Å²) in [5.41, 5.74) is 0.436. The molecule has 0 saturated carbocycles. The van der Waals surface area contributed by atoms with Gasteiger partial charge in [0.2, 0.25) is 15.7 Å². The highest BCUT2D eigenvalue weighted by Crippen LogP contribution is 2.24. The molecule has 2 aromatic rings. The second-order valence-corrected chi connectivity index (χ2v) is 7.76. The molecule has 1 heterocycles. The number of sulfone groups is 1. The molecule has 0 spiro atoms. The van der Waals surface area contributed by atoms with Crippen LogP contribution in [0.1, 0.15) is 24.8 Å². The second-order valence-electron chi connectivity index (χ2n) is 5.08. The lowest BCUT2D eigenvalue weighted by Crippen LogP contribution is -2.35. The van der Waals surface area contributed by atoms with Gasteiger partial charge in [0.25, 0.3) is 0 Å². The minimum Gasteiger partial charge on any atom is -0.411 e. The molecule has 0 aliphatic heterocycles. The van der Waals surface area contributed by atoms with E-state index in [1.165, 1.54) is 12.1 Å². The number of hydrogen-bond donors (Lipinski definition) is 2. The Morgan fingerprint density at radius 3 is 2.64 bits per heavy atom. The van der Waals surface area contributed by atoms with E-state index in [1.54, 1.807) is 6.07 Å². The van der Waals surface area contributed by atoms with Gasteiger partial charge in [-0.05, 0) is 24.1 Å². The monoisotopic (exact) mass is 406 g/mol. The van der Waals surface area contributed by atoms with Gasteiger partial charge in [0.1, 0.15) is 0 Å². The molecule has 8 nitrogen and oxygen atoms in total. The Morgan fingerprint density at radius 1 is 1.20 bits per heavy atom. The van der Waals surface area contributed by atoms with Crippen molar-refractivity contribution in [1.29, 1.82) is 0 Å². The molecule has 0 aliphatic carbocycles. The molecule has 0 bridgehead atoms. The number of carbonyl (C=O) groups is 1. The third kappa shape index (κ3) is 5.58. The summed E-state index contributed by atoms with van der Waals surface area (Å²) in [6, 6.07) is 4.11. The van der Waals surface area contributed by atoms with Gasteiger partial charge in [-0.2, -0.15) is 0 Å². The zero-order chi connectivity index (χ0) is 18.4. The fraction of sp³-hybridized carbons (Fsp3) is 0.357. The van der Waals surface area contributed by atoms with Gasteiger partial charge in [-0.15, -0.1) is 5.10 Å². The van der Waals surface area contributed by atoms with E-state index < -0.39 is 21.1 Å². The van der Waals surface area contributed by atoms with Crippen molar-refractivity contribution in [1.82, 2.24) is 20.8 Å². The van der Waals surface area contributed by atoms with Crippen molar-refractivity contribution in [2.24, 2.45) is 0 Å². The van der Waals surface area contributed by atoms with Crippen LogP contribution in [0, 0.1) is 0 Å². The van der Waals surface area contributed by atoms with E-state index in [1.807, 2.05) is 6.92 Å². The van der Waals surface area contributed by atoms with E-state index in [0.717, 1.165) is 6.42 Å². The fourth-order valence-corrected chi connectivity index (χ4v) is 3.25. The maximum atomic E-state index is 12.3. The predicted molar refractivity (Wildman–Crippen MR) is 92.2 cm³/mol. The molecule has 25 heavy (non-hydrogen) atoms. The third-order valence-corrected chi connectivity index (χ3v) is 5.14. The number of benzene rings is 1. The Balaban J connectivity index is 2.01. The van der Waals surface area contributed by atoms with E-state index in [9.17, 15) is 13.2 Å². The normalized spacial score (nSPS) is 11.3. The van der Waals surface area contributed by atoms with Gasteiger partial charge < -0.3 is 15.1 Å². The Hall–Kier alpha value is -1.84. The first-order chi connectivity index (χ1) is 11.8. The number of amides is 2. The molecule has 0 fully saturated rings. The lowest BCUT2D eigenvalue weighted by atomic mass is 10.2. The molecule has 1 aromatic heterocycles. The molecule has 0 unspecified atom stereocenters. The average molecular weight is 407 g/mol.